The van der Waals surface area contributed by atoms with Gasteiger partial charge in [-0.25, -0.2) is 0 Å². The third-order valence-electron chi connectivity index (χ3n) is 5.33. The summed E-state index contributed by atoms with van der Waals surface area (Å²) in [6, 6.07) is 10.7. The van der Waals surface area contributed by atoms with E-state index in [1.807, 2.05) is 38.1 Å². The number of amides is 2. The summed E-state index contributed by atoms with van der Waals surface area (Å²) >= 11 is 0. The topological polar surface area (TPSA) is 92.5 Å². The summed E-state index contributed by atoms with van der Waals surface area (Å²) in [5.74, 6) is 6.21. The molecule has 1 aliphatic rings. The smallest absolute Gasteiger partial charge is 0.290 e. The summed E-state index contributed by atoms with van der Waals surface area (Å²) in [6.45, 7) is 8.70. The molecule has 1 aromatic carbocycles. The van der Waals surface area contributed by atoms with Gasteiger partial charge < -0.3 is 28.8 Å². The highest BCUT2D eigenvalue weighted by atomic mass is 16.5. The Balaban J connectivity index is 1.77. The maximum Gasteiger partial charge on any atom is 0.290 e. The molecule has 1 aliphatic heterocycles. The molecule has 0 bridgehead atoms. The number of carbonyl (C=O) groups excluding carboxylic acids is 2. The Kier molecular flexibility index (Phi) is 8.60. The van der Waals surface area contributed by atoms with Gasteiger partial charge in [-0.3, -0.25) is 9.59 Å². The van der Waals surface area contributed by atoms with Crippen LogP contribution in [0.25, 0.3) is 0 Å². The van der Waals surface area contributed by atoms with Crippen molar-refractivity contribution in [3.8, 4) is 17.6 Å². The first kappa shape index (κ1) is 26.3. The zero-order chi connectivity index (χ0) is 25.6. The molecule has 2 amide bonds. The van der Waals surface area contributed by atoms with Gasteiger partial charge in [-0.2, -0.15) is 0 Å². The van der Waals surface area contributed by atoms with E-state index in [-0.39, 0.29) is 42.5 Å². The van der Waals surface area contributed by atoms with Gasteiger partial charge in [-0.1, -0.05) is 31.9 Å². The van der Waals surface area contributed by atoms with Crippen LogP contribution in [0.5, 0.6) is 5.75 Å². The van der Waals surface area contributed by atoms with Gasteiger partial charge in [0.05, 0.1) is 19.8 Å². The molecule has 0 saturated carbocycles. The van der Waals surface area contributed by atoms with Crippen LogP contribution in [-0.2, 0) is 16.1 Å². The molecule has 8 heteroatoms. The maximum atomic E-state index is 13.2. The zero-order valence-electron chi connectivity index (χ0n) is 21.0. The second kappa shape index (κ2) is 11.4. The number of hydrogen-bond acceptors (Lipinski definition) is 6. The molecule has 0 radical (unpaired) electrons. The number of ether oxygens (including phenoxy) is 2. The highest BCUT2D eigenvalue weighted by Crippen LogP contribution is 2.18. The minimum Gasteiger partial charge on any atom is -0.497 e. The number of carbonyl (C=O) groups is 2. The highest BCUT2D eigenvalue weighted by Gasteiger charge is 2.32. The Morgan fingerprint density at radius 1 is 1.26 bits per heavy atom. The molecule has 1 aromatic heterocycles. The molecule has 0 aliphatic carbocycles. The van der Waals surface area contributed by atoms with Crippen LogP contribution in [0.4, 0.5) is 0 Å². The molecule has 1 saturated heterocycles. The van der Waals surface area contributed by atoms with E-state index in [1.54, 1.807) is 31.9 Å². The predicted octanol–water partition coefficient (Wildman–Crippen LogP) is 2.94. The molecule has 2 heterocycles. The maximum absolute atomic E-state index is 13.2. The van der Waals surface area contributed by atoms with Gasteiger partial charge >= 0.3 is 0 Å². The summed E-state index contributed by atoms with van der Waals surface area (Å²) in [4.78, 5) is 29.5. The van der Waals surface area contributed by atoms with Crippen molar-refractivity contribution in [3.63, 3.8) is 0 Å². The monoisotopic (exact) mass is 482 g/mol. The van der Waals surface area contributed by atoms with E-state index in [9.17, 15) is 14.7 Å². The van der Waals surface area contributed by atoms with E-state index in [2.05, 4.69) is 11.8 Å². The lowest BCUT2D eigenvalue weighted by molar-refractivity contribution is -0.132. The molecule has 0 unspecified atom stereocenters. The lowest BCUT2D eigenvalue weighted by atomic mass is 10.1. The Morgan fingerprint density at radius 3 is 2.71 bits per heavy atom. The fourth-order valence-corrected chi connectivity index (χ4v) is 3.72. The number of methoxy groups -OCH3 is 1. The number of nitrogens with zero attached hydrogens (tertiary/aromatic N) is 2. The van der Waals surface area contributed by atoms with Crippen LogP contribution < -0.4 is 4.74 Å². The molecule has 1 atom stereocenters. The molecule has 2 aromatic rings. The molecule has 1 N–H and O–H groups in total. The largest absolute Gasteiger partial charge is 0.497 e. The number of benzene rings is 1. The van der Waals surface area contributed by atoms with Crippen LogP contribution in [0.2, 0.25) is 0 Å². The normalized spacial score (nSPS) is 16.7. The first-order chi connectivity index (χ1) is 16.5. The zero-order valence-corrected chi connectivity index (χ0v) is 21.0. The van der Waals surface area contributed by atoms with Gasteiger partial charge in [0.1, 0.15) is 17.9 Å². The van der Waals surface area contributed by atoms with Crippen molar-refractivity contribution in [3.05, 3.63) is 53.5 Å². The van der Waals surface area contributed by atoms with E-state index in [1.165, 1.54) is 11.0 Å². The van der Waals surface area contributed by atoms with Gasteiger partial charge in [0.15, 0.2) is 11.5 Å². The molecule has 1 fully saturated rings. The van der Waals surface area contributed by atoms with Crippen LogP contribution in [0.1, 0.15) is 49.6 Å². The second-order valence-corrected chi connectivity index (χ2v) is 9.64. The van der Waals surface area contributed by atoms with Gasteiger partial charge in [0, 0.05) is 19.6 Å². The van der Waals surface area contributed by atoms with Gasteiger partial charge in [-0.05, 0) is 55.5 Å². The summed E-state index contributed by atoms with van der Waals surface area (Å²) in [5.41, 5.74) is -0.240. The van der Waals surface area contributed by atoms with Gasteiger partial charge in [0.25, 0.3) is 5.91 Å². The summed E-state index contributed by atoms with van der Waals surface area (Å²) in [7, 11) is 1.61. The molecule has 35 heavy (non-hydrogen) atoms. The van der Waals surface area contributed by atoms with Gasteiger partial charge in [-0.15, -0.1) is 0 Å². The van der Waals surface area contributed by atoms with Crippen molar-refractivity contribution in [2.75, 3.05) is 33.3 Å². The fraction of sp³-hybridized carbons (Fsp3) is 0.481. The molecule has 0 spiro atoms. The van der Waals surface area contributed by atoms with E-state index in [0.29, 0.717) is 19.7 Å². The third-order valence-corrected chi connectivity index (χ3v) is 5.33. The van der Waals surface area contributed by atoms with E-state index in [4.69, 9.17) is 13.9 Å². The number of hydrogen-bond donors (Lipinski definition) is 1. The average molecular weight is 483 g/mol. The number of furan rings is 1. The van der Waals surface area contributed by atoms with E-state index in [0.717, 1.165) is 11.3 Å². The quantitative estimate of drug-likeness (QED) is 0.610. The average Bonchev–Trinajstić information content (AvgIpc) is 3.22. The first-order valence-electron chi connectivity index (χ1n) is 11.7. The molecular weight excluding hydrogens is 448 g/mol. The second-order valence-electron chi connectivity index (χ2n) is 9.64. The Labute approximate surface area is 206 Å². The van der Waals surface area contributed by atoms with Crippen molar-refractivity contribution in [2.24, 2.45) is 5.92 Å². The van der Waals surface area contributed by atoms with Crippen molar-refractivity contribution < 1.29 is 28.6 Å². The molecular formula is C27H34N2O6. The van der Waals surface area contributed by atoms with Crippen molar-refractivity contribution >= 4 is 11.8 Å². The number of aliphatic hydroxyl groups is 1. The van der Waals surface area contributed by atoms with E-state index < -0.39 is 11.5 Å². The van der Waals surface area contributed by atoms with Crippen LogP contribution in [0.3, 0.4) is 0 Å². The minimum absolute atomic E-state index is 0.0596. The summed E-state index contributed by atoms with van der Waals surface area (Å²) in [5, 5.41) is 9.78. The predicted molar refractivity (Wildman–Crippen MR) is 131 cm³/mol. The Morgan fingerprint density at radius 2 is 2.03 bits per heavy atom. The lowest BCUT2D eigenvalue weighted by Gasteiger charge is -2.26. The molecule has 188 valence electrons. The Bertz CT molecular complexity index is 1090. The molecule has 3 rings (SSSR count). The summed E-state index contributed by atoms with van der Waals surface area (Å²) in [6.07, 6.45) is -0.375. The molecule has 8 nitrogen and oxygen atoms in total. The van der Waals surface area contributed by atoms with Crippen molar-refractivity contribution in [1.29, 1.82) is 0 Å². The SMILES string of the molecule is COc1cccc(CO[C@@H]2CN(CC(C)C)C(=O)CN(C(=O)c3ccc(C#CC(C)(C)O)o3)C2)c1. The van der Waals surface area contributed by atoms with Crippen molar-refractivity contribution in [2.45, 2.75) is 46.0 Å². The third kappa shape index (κ3) is 7.88. The Hall–Kier alpha value is -3.28. The van der Waals surface area contributed by atoms with E-state index >= 15 is 0 Å². The van der Waals surface area contributed by atoms with Crippen LogP contribution in [0.15, 0.2) is 40.8 Å². The highest BCUT2D eigenvalue weighted by molar-refractivity contribution is 5.94. The first-order valence-corrected chi connectivity index (χ1v) is 11.7. The number of rotatable bonds is 7. The standard InChI is InChI=1S/C27H34N2O6/c1-19(2)14-28-15-23(34-18-20-7-6-8-22(13-20)33-5)16-29(17-25(28)30)26(31)24-10-9-21(35-24)11-12-27(3,4)32/h6-10,13,19,23,32H,14-18H2,1-5H3/t23-/m1/s1. The van der Waals surface area contributed by atoms with Crippen LogP contribution in [0, 0.1) is 17.8 Å². The van der Waals surface area contributed by atoms with Crippen LogP contribution in [-0.4, -0.2) is 71.7 Å². The lowest BCUT2D eigenvalue weighted by Crippen LogP contribution is -2.40. The summed E-state index contributed by atoms with van der Waals surface area (Å²) < 4.78 is 17.1. The van der Waals surface area contributed by atoms with Gasteiger partial charge in [0.2, 0.25) is 5.91 Å². The fourth-order valence-electron chi connectivity index (χ4n) is 3.72. The van der Waals surface area contributed by atoms with Crippen molar-refractivity contribution in [1.82, 2.24) is 9.80 Å². The minimum atomic E-state index is -1.18. The van der Waals surface area contributed by atoms with Crippen LogP contribution >= 0.6 is 0 Å².